The van der Waals surface area contributed by atoms with Crippen LogP contribution in [0.1, 0.15) is 17.5 Å². The predicted molar refractivity (Wildman–Crippen MR) is 142 cm³/mol. The molecule has 35 heavy (non-hydrogen) atoms. The van der Waals surface area contributed by atoms with E-state index in [4.69, 9.17) is 0 Å². The molecule has 0 aliphatic carbocycles. The summed E-state index contributed by atoms with van der Waals surface area (Å²) in [6.45, 7) is 3.58. The van der Waals surface area contributed by atoms with E-state index in [1.54, 1.807) is 0 Å². The third kappa shape index (κ3) is 5.76. The molecule has 0 aliphatic rings. The Kier molecular flexibility index (Phi) is 7.47. The molecule has 0 fully saturated rings. The van der Waals surface area contributed by atoms with E-state index in [2.05, 4.69) is 75.1 Å². The van der Waals surface area contributed by atoms with Gasteiger partial charge in [-0.3, -0.25) is 4.90 Å². The highest BCUT2D eigenvalue weighted by Crippen LogP contribution is 2.26. The van der Waals surface area contributed by atoms with Gasteiger partial charge in [0.2, 0.25) is 0 Å². The first-order valence-corrected chi connectivity index (χ1v) is 13.1. The van der Waals surface area contributed by atoms with Crippen LogP contribution < -0.4 is 0 Å². The molecular formula is C30H29N3OS. The Balaban J connectivity index is 1.33. The minimum absolute atomic E-state index is 0.812. The van der Waals surface area contributed by atoms with Gasteiger partial charge in [-0.05, 0) is 41.8 Å². The van der Waals surface area contributed by atoms with E-state index in [-0.39, 0.29) is 0 Å². The van der Waals surface area contributed by atoms with Crippen LogP contribution in [0.5, 0.6) is 0 Å². The number of rotatable bonds is 10. The predicted octanol–water partition coefficient (Wildman–Crippen LogP) is 6.30. The molecule has 5 rings (SSSR count). The molecule has 176 valence electrons. The lowest BCUT2D eigenvalue weighted by Gasteiger charge is -2.23. The molecule has 0 amide bonds. The van der Waals surface area contributed by atoms with Crippen molar-refractivity contribution in [3.05, 3.63) is 127 Å². The SMILES string of the molecule is O=S(c1ccccc1)c1cn(CCCN(Cc2ccccc2)Cc2ccccc2)c2ncccc12. The number of fused-ring (bicyclic) bond motifs is 1. The largest absolute Gasteiger partial charge is 0.331 e. The molecule has 0 spiro atoms. The Morgan fingerprint density at radius 1 is 0.743 bits per heavy atom. The number of pyridine rings is 1. The van der Waals surface area contributed by atoms with Crippen LogP contribution in [0.3, 0.4) is 0 Å². The van der Waals surface area contributed by atoms with Gasteiger partial charge in [-0.25, -0.2) is 9.19 Å². The Morgan fingerprint density at radius 2 is 1.34 bits per heavy atom. The van der Waals surface area contributed by atoms with Gasteiger partial charge < -0.3 is 4.57 Å². The van der Waals surface area contributed by atoms with Gasteiger partial charge in [-0.15, -0.1) is 0 Å². The summed E-state index contributed by atoms with van der Waals surface area (Å²) in [4.78, 5) is 8.76. The van der Waals surface area contributed by atoms with E-state index in [9.17, 15) is 4.21 Å². The van der Waals surface area contributed by atoms with E-state index in [1.807, 2.05) is 54.9 Å². The zero-order valence-corrected chi connectivity index (χ0v) is 20.5. The molecule has 0 saturated heterocycles. The number of benzene rings is 3. The highest BCUT2D eigenvalue weighted by atomic mass is 32.2. The average molecular weight is 480 g/mol. The van der Waals surface area contributed by atoms with Crippen molar-refractivity contribution in [3.63, 3.8) is 0 Å². The summed E-state index contributed by atoms with van der Waals surface area (Å²) in [5.41, 5.74) is 3.53. The van der Waals surface area contributed by atoms with Gasteiger partial charge >= 0.3 is 0 Å². The van der Waals surface area contributed by atoms with E-state index in [1.165, 1.54) is 11.1 Å². The quantitative estimate of drug-likeness (QED) is 0.236. The maximum Gasteiger partial charge on any atom is 0.141 e. The van der Waals surface area contributed by atoms with Crippen LogP contribution in [0.2, 0.25) is 0 Å². The minimum Gasteiger partial charge on any atom is -0.331 e. The molecule has 0 N–H and O–H groups in total. The second-order valence-electron chi connectivity index (χ2n) is 8.68. The van der Waals surface area contributed by atoms with Gasteiger partial charge in [0.25, 0.3) is 0 Å². The van der Waals surface area contributed by atoms with Gasteiger partial charge in [0.15, 0.2) is 0 Å². The van der Waals surface area contributed by atoms with Crippen LogP contribution >= 0.6 is 0 Å². The van der Waals surface area contributed by atoms with Crippen molar-refractivity contribution < 1.29 is 4.21 Å². The fraction of sp³-hybridized carbons (Fsp3) is 0.167. The van der Waals surface area contributed by atoms with Crippen molar-refractivity contribution in [2.45, 2.75) is 35.8 Å². The molecule has 4 nitrogen and oxygen atoms in total. The average Bonchev–Trinajstić information content (AvgIpc) is 3.28. The maximum atomic E-state index is 13.3. The summed E-state index contributed by atoms with van der Waals surface area (Å²) in [5, 5.41) is 0.958. The maximum absolute atomic E-state index is 13.3. The number of hydrogen-bond acceptors (Lipinski definition) is 3. The number of aryl methyl sites for hydroxylation is 1. The van der Waals surface area contributed by atoms with E-state index >= 15 is 0 Å². The van der Waals surface area contributed by atoms with Gasteiger partial charge in [-0.2, -0.15) is 0 Å². The Bertz CT molecular complexity index is 1340. The Morgan fingerprint density at radius 3 is 1.97 bits per heavy atom. The monoisotopic (exact) mass is 479 g/mol. The molecule has 3 aromatic carbocycles. The fourth-order valence-corrected chi connectivity index (χ4v) is 5.68. The summed E-state index contributed by atoms with van der Waals surface area (Å²) >= 11 is 0. The molecule has 0 radical (unpaired) electrons. The fourth-order valence-electron chi connectivity index (χ4n) is 4.44. The van der Waals surface area contributed by atoms with Gasteiger partial charge in [0, 0.05) is 48.9 Å². The van der Waals surface area contributed by atoms with E-state index in [0.29, 0.717) is 0 Å². The zero-order valence-electron chi connectivity index (χ0n) is 19.7. The van der Waals surface area contributed by atoms with Crippen molar-refractivity contribution in [2.75, 3.05) is 6.54 Å². The number of aromatic nitrogens is 2. The second-order valence-corrected chi connectivity index (χ2v) is 10.1. The van der Waals surface area contributed by atoms with Crippen molar-refractivity contribution in [1.82, 2.24) is 14.5 Å². The normalized spacial score (nSPS) is 12.3. The molecule has 5 heteroatoms. The van der Waals surface area contributed by atoms with Crippen LogP contribution in [0, 0.1) is 0 Å². The van der Waals surface area contributed by atoms with Crippen LogP contribution in [0.15, 0.2) is 125 Å². The number of hydrogen-bond donors (Lipinski definition) is 0. The van der Waals surface area contributed by atoms with Crippen molar-refractivity contribution >= 4 is 21.8 Å². The topological polar surface area (TPSA) is 38.1 Å². The van der Waals surface area contributed by atoms with E-state index < -0.39 is 10.8 Å². The standard InChI is InChI=1S/C30H29N3OS/c34-35(27-16-8-3-9-17-27)29-24-33(30-28(29)18-10-19-31-30)21-11-20-32(22-25-12-4-1-5-13-25)23-26-14-6-2-7-15-26/h1-10,12-19,24H,11,20-23H2. The lowest BCUT2D eigenvalue weighted by Crippen LogP contribution is -2.25. The van der Waals surface area contributed by atoms with Crippen LogP contribution in [0.25, 0.3) is 11.0 Å². The van der Waals surface area contributed by atoms with Crippen LogP contribution in [0.4, 0.5) is 0 Å². The van der Waals surface area contributed by atoms with Crippen LogP contribution in [-0.4, -0.2) is 25.2 Å². The molecule has 2 heterocycles. The van der Waals surface area contributed by atoms with E-state index in [0.717, 1.165) is 53.4 Å². The molecule has 1 atom stereocenters. The summed E-state index contributed by atoms with van der Waals surface area (Å²) in [6, 6.07) is 34.8. The zero-order chi connectivity index (χ0) is 23.9. The molecule has 0 saturated carbocycles. The molecule has 0 aliphatic heterocycles. The number of nitrogens with zero attached hydrogens (tertiary/aromatic N) is 3. The van der Waals surface area contributed by atoms with Crippen molar-refractivity contribution in [1.29, 1.82) is 0 Å². The molecule has 5 aromatic rings. The third-order valence-electron chi connectivity index (χ3n) is 6.13. The highest BCUT2D eigenvalue weighted by Gasteiger charge is 2.16. The summed E-state index contributed by atoms with van der Waals surface area (Å²) in [6.07, 6.45) is 4.81. The van der Waals surface area contributed by atoms with Gasteiger partial charge in [-0.1, -0.05) is 78.9 Å². The molecular weight excluding hydrogens is 450 g/mol. The molecule has 2 aromatic heterocycles. The lowest BCUT2D eigenvalue weighted by atomic mass is 10.1. The van der Waals surface area contributed by atoms with Crippen molar-refractivity contribution in [3.8, 4) is 0 Å². The van der Waals surface area contributed by atoms with Gasteiger partial charge in [0.1, 0.15) is 5.65 Å². The second kappa shape index (κ2) is 11.3. The minimum atomic E-state index is -1.24. The smallest absolute Gasteiger partial charge is 0.141 e. The summed E-state index contributed by atoms with van der Waals surface area (Å²) in [7, 11) is -1.24. The Hall–Kier alpha value is -3.54. The highest BCUT2D eigenvalue weighted by molar-refractivity contribution is 7.85. The summed E-state index contributed by atoms with van der Waals surface area (Å²) in [5.74, 6) is 0. The van der Waals surface area contributed by atoms with Crippen molar-refractivity contribution in [2.24, 2.45) is 0 Å². The Labute approximate surface area is 209 Å². The first-order chi connectivity index (χ1) is 17.3. The lowest BCUT2D eigenvalue weighted by molar-refractivity contribution is 0.249. The first kappa shape index (κ1) is 23.2. The third-order valence-corrected chi connectivity index (χ3v) is 7.55. The first-order valence-electron chi connectivity index (χ1n) is 12.0. The molecule has 0 bridgehead atoms. The summed E-state index contributed by atoms with van der Waals surface area (Å²) < 4.78 is 15.5. The molecule has 1 unspecified atom stereocenters. The van der Waals surface area contributed by atoms with Crippen LogP contribution in [-0.2, 0) is 30.4 Å². The van der Waals surface area contributed by atoms with Gasteiger partial charge in [0.05, 0.1) is 15.7 Å².